The van der Waals surface area contributed by atoms with Crippen LogP contribution in [-0.2, 0) is 4.79 Å². The van der Waals surface area contributed by atoms with E-state index in [1.165, 1.54) is 12.8 Å². The van der Waals surface area contributed by atoms with Crippen LogP contribution in [0.15, 0.2) is 30.3 Å². The molecule has 3 fully saturated rings. The quantitative estimate of drug-likeness (QED) is 0.858. The van der Waals surface area contributed by atoms with Crippen LogP contribution in [0, 0.1) is 5.92 Å². The highest BCUT2D eigenvalue weighted by Gasteiger charge is 2.48. The van der Waals surface area contributed by atoms with Crippen molar-refractivity contribution < 1.29 is 9.59 Å². The molecule has 0 radical (unpaired) electrons. The molecule has 140 valence electrons. The lowest BCUT2D eigenvalue weighted by atomic mass is 9.99. The van der Waals surface area contributed by atoms with Gasteiger partial charge in [0.05, 0.1) is 4.87 Å². The first-order chi connectivity index (χ1) is 12.7. The second-order valence-electron chi connectivity index (χ2n) is 7.55. The van der Waals surface area contributed by atoms with E-state index in [4.69, 9.17) is 0 Å². The minimum atomic E-state index is -0.0802. The summed E-state index contributed by atoms with van der Waals surface area (Å²) in [6.45, 7) is 2.29. The van der Waals surface area contributed by atoms with Gasteiger partial charge in [-0.2, -0.15) is 0 Å². The number of carbonyl (C=O) groups is 2. The summed E-state index contributed by atoms with van der Waals surface area (Å²) in [6, 6.07) is 9.54. The standard InChI is InChI=1S/C20H27N3O2S/c24-18(16-6-4-5-7-16)23-14-15-26-20(23)10-12-22(13-11-20)19(25)21-17-8-2-1-3-9-17/h1-3,8-9,16H,4-7,10-15H2,(H,21,25). The van der Waals surface area contributed by atoms with Gasteiger partial charge in [-0.05, 0) is 37.8 Å². The number of nitrogens with zero attached hydrogens (tertiary/aromatic N) is 2. The molecule has 2 aliphatic heterocycles. The van der Waals surface area contributed by atoms with E-state index in [1.54, 1.807) is 0 Å². The second kappa shape index (κ2) is 7.51. The molecule has 1 aliphatic carbocycles. The van der Waals surface area contributed by atoms with Crippen LogP contribution in [-0.4, -0.2) is 52.0 Å². The van der Waals surface area contributed by atoms with Gasteiger partial charge < -0.3 is 15.1 Å². The van der Waals surface area contributed by atoms with Gasteiger partial charge in [-0.1, -0.05) is 31.0 Å². The Balaban J connectivity index is 1.37. The first kappa shape index (κ1) is 17.7. The van der Waals surface area contributed by atoms with E-state index >= 15 is 0 Å². The maximum atomic E-state index is 13.0. The molecular formula is C20H27N3O2S. The fourth-order valence-electron chi connectivity index (χ4n) is 4.51. The van der Waals surface area contributed by atoms with Gasteiger partial charge in [0.25, 0.3) is 0 Å². The van der Waals surface area contributed by atoms with Gasteiger partial charge in [0.1, 0.15) is 0 Å². The summed E-state index contributed by atoms with van der Waals surface area (Å²) in [7, 11) is 0. The summed E-state index contributed by atoms with van der Waals surface area (Å²) in [6.07, 6.45) is 6.25. The van der Waals surface area contributed by atoms with Crippen molar-refractivity contribution >= 4 is 29.4 Å². The van der Waals surface area contributed by atoms with Crippen LogP contribution < -0.4 is 5.32 Å². The highest BCUT2D eigenvalue weighted by atomic mass is 32.2. The van der Waals surface area contributed by atoms with E-state index in [0.717, 1.165) is 43.7 Å². The molecule has 6 heteroatoms. The van der Waals surface area contributed by atoms with Crippen LogP contribution in [0.1, 0.15) is 38.5 Å². The highest BCUT2D eigenvalue weighted by Crippen LogP contribution is 2.45. The topological polar surface area (TPSA) is 52.7 Å². The predicted molar refractivity (Wildman–Crippen MR) is 105 cm³/mol. The predicted octanol–water partition coefficient (Wildman–Crippen LogP) is 3.78. The number of amides is 3. The van der Waals surface area contributed by atoms with Crippen LogP contribution in [0.25, 0.3) is 0 Å². The van der Waals surface area contributed by atoms with Crippen LogP contribution in [0.2, 0.25) is 0 Å². The maximum Gasteiger partial charge on any atom is 0.321 e. The Morgan fingerprint density at radius 1 is 1.04 bits per heavy atom. The van der Waals surface area contributed by atoms with Crippen molar-refractivity contribution in [1.29, 1.82) is 0 Å². The van der Waals surface area contributed by atoms with E-state index in [0.29, 0.717) is 19.0 Å². The number of urea groups is 1. The lowest BCUT2D eigenvalue weighted by Gasteiger charge is -2.44. The van der Waals surface area contributed by atoms with Gasteiger partial charge in [-0.15, -0.1) is 11.8 Å². The Kier molecular flexibility index (Phi) is 5.11. The minimum Gasteiger partial charge on any atom is -0.327 e. The number of para-hydroxylation sites is 1. The number of thioether (sulfide) groups is 1. The van der Waals surface area contributed by atoms with Gasteiger partial charge in [0.15, 0.2) is 0 Å². The Morgan fingerprint density at radius 2 is 1.73 bits per heavy atom. The van der Waals surface area contributed by atoms with Crippen molar-refractivity contribution in [1.82, 2.24) is 9.80 Å². The molecule has 2 heterocycles. The van der Waals surface area contributed by atoms with E-state index in [9.17, 15) is 9.59 Å². The number of anilines is 1. The number of rotatable bonds is 2. The number of carbonyl (C=O) groups excluding carboxylic acids is 2. The number of nitrogens with one attached hydrogen (secondary N) is 1. The van der Waals surface area contributed by atoms with Crippen LogP contribution in [0.5, 0.6) is 0 Å². The van der Waals surface area contributed by atoms with Gasteiger partial charge in [0, 0.05) is 37.0 Å². The largest absolute Gasteiger partial charge is 0.327 e. The van der Waals surface area contributed by atoms with Crippen LogP contribution in [0.4, 0.5) is 10.5 Å². The smallest absolute Gasteiger partial charge is 0.321 e. The van der Waals surface area contributed by atoms with E-state index < -0.39 is 0 Å². The van der Waals surface area contributed by atoms with E-state index in [-0.39, 0.29) is 16.8 Å². The molecule has 0 unspecified atom stereocenters. The number of hydrogen-bond donors (Lipinski definition) is 1. The third-order valence-corrected chi connectivity index (χ3v) is 7.56. The zero-order chi connectivity index (χ0) is 18.0. The average Bonchev–Trinajstić information content (AvgIpc) is 3.33. The summed E-state index contributed by atoms with van der Waals surface area (Å²) >= 11 is 1.93. The molecular weight excluding hydrogens is 346 g/mol. The molecule has 1 spiro atoms. The summed E-state index contributed by atoms with van der Waals surface area (Å²) in [4.78, 5) is 29.5. The second-order valence-corrected chi connectivity index (χ2v) is 9.01. The normalized spacial score (nSPS) is 22.8. The van der Waals surface area contributed by atoms with Gasteiger partial charge in [-0.25, -0.2) is 4.79 Å². The zero-order valence-corrected chi connectivity index (χ0v) is 16.0. The summed E-state index contributed by atoms with van der Waals surface area (Å²) < 4.78 is 0. The van der Waals surface area contributed by atoms with Crippen molar-refractivity contribution in [2.45, 2.75) is 43.4 Å². The number of likely N-dealkylation sites (tertiary alicyclic amines) is 1. The van der Waals surface area contributed by atoms with Crippen molar-refractivity contribution in [2.75, 3.05) is 30.7 Å². The molecule has 3 amide bonds. The molecule has 1 aromatic carbocycles. The van der Waals surface area contributed by atoms with Crippen molar-refractivity contribution in [3.05, 3.63) is 30.3 Å². The molecule has 5 nitrogen and oxygen atoms in total. The molecule has 1 saturated carbocycles. The summed E-state index contributed by atoms with van der Waals surface area (Å²) in [5, 5.41) is 2.97. The Hall–Kier alpha value is -1.69. The lowest BCUT2D eigenvalue weighted by molar-refractivity contribution is -0.138. The summed E-state index contributed by atoms with van der Waals surface area (Å²) in [5.41, 5.74) is 0.825. The van der Waals surface area contributed by atoms with Crippen molar-refractivity contribution in [3.63, 3.8) is 0 Å². The molecule has 0 aromatic heterocycles. The molecule has 3 aliphatic rings. The SMILES string of the molecule is O=C(Nc1ccccc1)N1CCC2(CC1)SCCN2C(=O)C1CCCC1. The monoisotopic (exact) mass is 373 g/mol. The molecule has 0 atom stereocenters. The third kappa shape index (κ3) is 3.43. The number of piperidine rings is 1. The molecule has 0 bridgehead atoms. The molecule has 1 N–H and O–H groups in total. The molecule has 4 rings (SSSR count). The third-order valence-electron chi connectivity index (χ3n) is 6.00. The van der Waals surface area contributed by atoms with Gasteiger partial charge in [0.2, 0.25) is 5.91 Å². The zero-order valence-electron chi connectivity index (χ0n) is 15.2. The Labute approximate surface area is 159 Å². The van der Waals surface area contributed by atoms with Crippen molar-refractivity contribution in [2.24, 2.45) is 5.92 Å². The average molecular weight is 374 g/mol. The number of benzene rings is 1. The fourth-order valence-corrected chi connectivity index (χ4v) is 5.97. The van der Waals surface area contributed by atoms with E-state index in [1.807, 2.05) is 47.0 Å². The molecule has 1 aromatic rings. The molecule has 2 saturated heterocycles. The Bertz CT molecular complexity index is 652. The first-order valence-electron chi connectivity index (χ1n) is 9.74. The lowest BCUT2D eigenvalue weighted by Crippen LogP contribution is -2.55. The maximum absolute atomic E-state index is 13.0. The van der Waals surface area contributed by atoms with Gasteiger partial charge >= 0.3 is 6.03 Å². The van der Waals surface area contributed by atoms with E-state index in [2.05, 4.69) is 10.2 Å². The highest BCUT2D eigenvalue weighted by molar-refractivity contribution is 8.00. The van der Waals surface area contributed by atoms with Crippen molar-refractivity contribution in [3.8, 4) is 0 Å². The first-order valence-corrected chi connectivity index (χ1v) is 10.7. The summed E-state index contributed by atoms with van der Waals surface area (Å²) in [5.74, 6) is 1.63. The fraction of sp³-hybridized carbons (Fsp3) is 0.600. The van der Waals surface area contributed by atoms with Crippen LogP contribution in [0.3, 0.4) is 0 Å². The van der Waals surface area contributed by atoms with Crippen LogP contribution >= 0.6 is 11.8 Å². The molecule has 26 heavy (non-hydrogen) atoms. The Morgan fingerprint density at radius 3 is 2.42 bits per heavy atom. The minimum absolute atomic E-state index is 0.0392. The van der Waals surface area contributed by atoms with Gasteiger partial charge in [-0.3, -0.25) is 4.79 Å². The number of hydrogen-bond acceptors (Lipinski definition) is 3.